The second kappa shape index (κ2) is 5.95. The predicted molar refractivity (Wildman–Crippen MR) is 61.0 cm³/mol. The van der Waals surface area contributed by atoms with Crippen molar-refractivity contribution in [2.24, 2.45) is 0 Å². The molecule has 1 aromatic heterocycles. The summed E-state index contributed by atoms with van der Waals surface area (Å²) in [4.78, 5) is 7.61. The van der Waals surface area contributed by atoms with Gasteiger partial charge in [0.2, 0.25) is 0 Å². The van der Waals surface area contributed by atoms with Crippen molar-refractivity contribution in [1.29, 1.82) is 0 Å². The highest BCUT2D eigenvalue weighted by atomic mass is 35.5. The van der Waals surface area contributed by atoms with Crippen LogP contribution in [0.15, 0.2) is 6.20 Å². The fourth-order valence-electron chi connectivity index (χ4n) is 1.24. The smallest absolute Gasteiger partial charge is 0.148 e. The summed E-state index contributed by atoms with van der Waals surface area (Å²) < 4.78 is 0. The molecule has 0 aliphatic carbocycles. The molecule has 2 atom stereocenters. The van der Waals surface area contributed by atoms with Gasteiger partial charge in [0, 0.05) is 0 Å². The van der Waals surface area contributed by atoms with Gasteiger partial charge in [0.1, 0.15) is 22.8 Å². The number of hydrogen-bond donors (Lipinski definition) is 4. The molecule has 0 radical (unpaired) electrons. The Morgan fingerprint density at radius 3 is 2.88 bits per heavy atom. The summed E-state index contributed by atoms with van der Waals surface area (Å²) in [6, 6.07) is 0. The average Bonchev–Trinajstić information content (AvgIpc) is 2.28. The maximum Gasteiger partial charge on any atom is 0.148 e. The third-order valence-electron chi connectivity index (χ3n) is 2.13. The van der Waals surface area contributed by atoms with E-state index in [1.807, 2.05) is 0 Å². The second-order valence-corrected chi connectivity index (χ2v) is 3.75. The fraction of sp³-hybridized carbons (Fsp3) is 0.556. The van der Waals surface area contributed by atoms with E-state index in [4.69, 9.17) is 17.3 Å². The first kappa shape index (κ1) is 13.1. The van der Waals surface area contributed by atoms with Crippen LogP contribution in [0.3, 0.4) is 0 Å². The molecule has 0 saturated carbocycles. The van der Waals surface area contributed by atoms with Crippen molar-refractivity contribution >= 4 is 17.4 Å². The molecule has 1 aromatic rings. The number of aliphatic hydroxyl groups excluding tert-OH is 2. The lowest BCUT2D eigenvalue weighted by Gasteiger charge is -2.18. The monoisotopic (exact) mass is 246 g/mol. The number of hydrogen-bond acceptors (Lipinski definition) is 6. The highest BCUT2D eigenvalue weighted by molar-refractivity contribution is 6.29. The topological polar surface area (TPSA) is 104 Å². The Morgan fingerprint density at radius 1 is 1.56 bits per heavy atom. The Kier molecular flexibility index (Phi) is 4.88. The maximum absolute atomic E-state index is 9.80. The van der Waals surface area contributed by atoms with Gasteiger partial charge in [-0.25, -0.2) is 9.97 Å². The van der Waals surface area contributed by atoms with E-state index in [1.54, 1.807) is 7.05 Å². The van der Waals surface area contributed by atoms with Gasteiger partial charge in [-0.3, -0.25) is 0 Å². The molecule has 0 bridgehead atoms. The van der Waals surface area contributed by atoms with Gasteiger partial charge < -0.3 is 21.3 Å². The van der Waals surface area contributed by atoms with Crippen molar-refractivity contribution < 1.29 is 10.2 Å². The van der Waals surface area contributed by atoms with Crippen LogP contribution in [-0.2, 0) is 0 Å². The Balaban J connectivity index is 2.78. The van der Waals surface area contributed by atoms with Gasteiger partial charge in [0.15, 0.2) is 0 Å². The molecular weight excluding hydrogens is 232 g/mol. The molecule has 90 valence electrons. The number of aromatic nitrogens is 2. The van der Waals surface area contributed by atoms with Crippen LogP contribution in [0, 0.1) is 0 Å². The molecule has 6 nitrogen and oxygen atoms in total. The van der Waals surface area contributed by atoms with E-state index >= 15 is 0 Å². The highest BCUT2D eigenvalue weighted by Crippen LogP contribution is 2.22. The van der Waals surface area contributed by atoms with Crippen LogP contribution in [0.25, 0.3) is 0 Å². The van der Waals surface area contributed by atoms with E-state index in [0.717, 1.165) is 0 Å². The van der Waals surface area contributed by atoms with Crippen LogP contribution in [-0.4, -0.2) is 39.9 Å². The predicted octanol–water partition coefficient (Wildman–Crippen LogP) is -0.284. The molecule has 0 spiro atoms. The van der Waals surface area contributed by atoms with Crippen molar-refractivity contribution in [2.75, 3.05) is 19.3 Å². The molecule has 0 amide bonds. The van der Waals surface area contributed by atoms with Crippen LogP contribution >= 0.6 is 11.6 Å². The second-order valence-electron chi connectivity index (χ2n) is 3.37. The summed E-state index contributed by atoms with van der Waals surface area (Å²) in [7, 11) is 1.76. The fourth-order valence-corrected chi connectivity index (χ4v) is 1.38. The van der Waals surface area contributed by atoms with Crippen LogP contribution in [0.1, 0.15) is 18.2 Å². The molecule has 0 saturated heterocycles. The molecule has 0 aliphatic heterocycles. The van der Waals surface area contributed by atoms with Crippen LogP contribution in [0.5, 0.6) is 0 Å². The number of nitrogens with two attached hydrogens (primary N) is 1. The van der Waals surface area contributed by atoms with E-state index in [-0.39, 0.29) is 16.7 Å². The molecule has 16 heavy (non-hydrogen) atoms. The molecule has 1 rings (SSSR count). The first-order chi connectivity index (χ1) is 7.56. The van der Waals surface area contributed by atoms with Gasteiger partial charge in [-0.15, -0.1) is 0 Å². The third kappa shape index (κ3) is 3.28. The number of anilines is 1. The summed E-state index contributed by atoms with van der Waals surface area (Å²) in [5.74, 6) is 0.0698. The van der Waals surface area contributed by atoms with Crippen molar-refractivity contribution in [2.45, 2.75) is 18.6 Å². The van der Waals surface area contributed by atoms with Crippen LogP contribution < -0.4 is 11.1 Å². The molecule has 1 heterocycles. The quantitative estimate of drug-likeness (QED) is 0.570. The largest absolute Gasteiger partial charge is 0.390 e. The van der Waals surface area contributed by atoms with Gasteiger partial charge in [-0.2, -0.15) is 0 Å². The Bertz CT molecular complexity index is 350. The minimum Gasteiger partial charge on any atom is -0.390 e. The molecule has 5 N–H and O–H groups in total. The van der Waals surface area contributed by atoms with E-state index in [9.17, 15) is 10.2 Å². The molecule has 2 unspecified atom stereocenters. The number of nitrogen functional groups attached to an aromatic ring is 1. The summed E-state index contributed by atoms with van der Waals surface area (Å²) in [5.41, 5.74) is 5.65. The lowest BCUT2D eigenvalue weighted by Crippen LogP contribution is -2.25. The Morgan fingerprint density at radius 2 is 2.25 bits per heavy atom. The zero-order valence-corrected chi connectivity index (χ0v) is 9.65. The maximum atomic E-state index is 9.80. The third-order valence-corrected chi connectivity index (χ3v) is 2.32. The molecule has 7 heteroatoms. The van der Waals surface area contributed by atoms with E-state index in [0.29, 0.717) is 13.0 Å². The van der Waals surface area contributed by atoms with Gasteiger partial charge in [0.05, 0.1) is 12.3 Å². The zero-order chi connectivity index (χ0) is 12.1. The van der Waals surface area contributed by atoms with Crippen molar-refractivity contribution in [3.63, 3.8) is 0 Å². The number of rotatable bonds is 5. The Labute approximate surface area is 98.5 Å². The summed E-state index contributed by atoms with van der Waals surface area (Å²) >= 11 is 5.64. The number of aliphatic hydroxyl groups is 2. The van der Waals surface area contributed by atoms with Crippen molar-refractivity contribution in [1.82, 2.24) is 15.3 Å². The summed E-state index contributed by atoms with van der Waals surface area (Å²) in [6.45, 7) is 0.576. The van der Waals surface area contributed by atoms with Crippen molar-refractivity contribution in [3.8, 4) is 0 Å². The standard InChI is InChI=1S/C9H15ClN4O2/c1-12-3-2-5(15)8(16)7-9(11)13-4-6(10)14-7/h4-5,8,12,15-16H,2-3H2,1H3,(H2,11,13). The summed E-state index contributed by atoms with van der Waals surface area (Å²) in [5, 5.41) is 22.5. The lowest BCUT2D eigenvalue weighted by molar-refractivity contribution is 0.0118. The van der Waals surface area contributed by atoms with Gasteiger partial charge in [0.25, 0.3) is 0 Å². The van der Waals surface area contributed by atoms with E-state index in [2.05, 4.69) is 15.3 Å². The number of nitrogens with one attached hydrogen (secondary N) is 1. The number of nitrogens with zero attached hydrogens (tertiary/aromatic N) is 2. The summed E-state index contributed by atoms with van der Waals surface area (Å²) in [6.07, 6.45) is -0.472. The number of halogens is 1. The minimum absolute atomic E-state index is 0.0698. The van der Waals surface area contributed by atoms with Crippen molar-refractivity contribution in [3.05, 3.63) is 17.0 Å². The molecular formula is C9H15ClN4O2. The SMILES string of the molecule is CNCCC(O)C(O)c1nc(Cl)cnc1N. The first-order valence-electron chi connectivity index (χ1n) is 4.85. The van der Waals surface area contributed by atoms with E-state index < -0.39 is 12.2 Å². The van der Waals surface area contributed by atoms with Crippen LogP contribution in [0.4, 0.5) is 5.82 Å². The Hall–Kier alpha value is -0.950. The highest BCUT2D eigenvalue weighted by Gasteiger charge is 2.22. The average molecular weight is 247 g/mol. The normalized spacial score (nSPS) is 14.8. The zero-order valence-electron chi connectivity index (χ0n) is 8.89. The molecule has 0 aliphatic rings. The first-order valence-corrected chi connectivity index (χ1v) is 5.22. The van der Waals surface area contributed by atoms with E-state index in [1.165, 1.54) is 6.20 Å². The van der Waals surface area contributed by atoms with Gasteiger partial charge >= 0.3 is 0 Å². The van der Waals surface area contributed by atoms with Gasteiger partial charge in [-0.05, 0) is 20.0 Å². The molecule has 0 aromatic carbocycles. The lowest BCUT2D eigenvalue weighted by atomic mass is 10.1. The van der Waals surface area contributed by atoms with Crippen LogP contribution in [0.2, 0.25) is 5.15 Å². The molecule has 0 fully saturated rings. The van der Waals surface area contributed by atoms with Gasteiger partial charge in [-0.1, -0.05) is 11.6 Å². The minimum atomic E-state index is -1.18.